The van der Waals surface area contributed by atoms with Gasteiger partial charge >= 0.3 is 0 Å². The van der Waals surface area contributed by atoms with Crippen molar-refractivity contribution in [2.45, 2.75) is 26.7 Å². The Morgan fingerprint density at radius 1 is 1.14 bits per heavy atom. The van der Waals surface area contributed by atoms with E-state index in [1.54, 1.807) is 17.4 Å². The van der Waals surface area contributed by atoms with Gasteiger partial charge < -0.3 is 14.8 Å². The minimum absolute atomic E-state index is 0.00000774. The van der Waals surface area contributed by atoms with Gasteiger partial charge in [-0.05, 0) is 43.8 Å². The quantitative estimate of drug-likeness (QED) is 0.796. The largest absolute Gasteiger partial charge is 0.490 e. The molecule has 1 N–H and O–H groups in total. The summed E-state index contributed by atoms with van der Waals surface area (Å²) in [6.07, 6.45) is 1.23. The second-order valence-electron chi connectivity index (χ2n) is 4.66. The first kappa shape index (κ1) is 16.4. The van der Waals surface area contributed by atoms with Gasteiger partial charge in [0.05, 0.1) is 13.2 Å². The zero-order valence-corrected chi connectivity index (χ0v) is 13.7. The highest BCUT2D eigenvalue weighted by Crippen LogP contribution is 2.30. The molecule has 0 unspecified atom stereocenters. The second-order valence-corrected chi connectivity index (χ2v) is 5.69. The fourth-order valence-corrected chi connectivity index (χ4v) is 2.75. The van der Waals surface area contributed by atoms with Gasteiger partial charge in [-0.2, -0.15) is 0 Å². The highest BCUT2D eigenvalue weighted by atomic mass is 32.1. The normalized spacial score (nSPS) is 10.3. The molecular formula is C17H21NO3S. The lowest BCUT2D eigenvalue weighted by atomic mass is 10.2. The van der Waals surface area contributed by atoms with Crippen LogP contribution in [-0.2, 0) is 11.2 Å². The Balaban J connectivity index is 1.96. The monoisotopic (exact) mass is 319 g/mol. The van der Waals surface area contributed by atoms with Crippen molar-refractivity contribution in [1.82, 2.24) is 0 Å². The van der Waals surface area contributed by atoms with E-state index in [-0.39, 0.29) is 5.91 Å². The van der Waals surface area contributed by atoms with Crippen LogP contribution in [0.1, 0.15) is 25.1 Å². The fourth-order valence-electron chi connectivity index (χ4n) is 2.04. The van der Waals surface area contributed by atoms with Crippen LogP contribution in [0.15, 0.2) is 35.7 Å². The van der Waals surface area contributed by atoms with Gasteiger partial charge in [0.1, 0.15) is 0 Å². The maximum Gasteiger partial charge on any atom is 0.224 e. The number of carbonyl (C=O) groups is 1. The van der Waals surface area contributed by atoms with E-state index in [9.17, 15) is 4.79 Å². The Hall–Kier alpha value is -2.01. The third-order valence-electron chi connectivity index (χ3n) is 3.01. The third kappa shape index (κ3) is 4.77. The fraction of sp³-hybridized carbons (Fsp3) is 0.353. The van der Waals surface area contributed by atoms with Crippen molar-refractivity contribution in [3.05, 3.63) is 40.6 Å². The SMILES string of the molecule is CCOc1ccc(NC(=O)CCc2cccs2)cc1OCC. The van der Waals surface area contributed by atoms with Gasteiger partial charge in [-0.25, -0.2) is 0 Å². The topological polar surface area (TPSA) is 47.6 Å². The van der Waals surface area contributed by atoms with Crippen LogP contribution in [0.4, 0.5) is 5.69 Å². The van der Waals surface area contributed by atoms with Crippen molar-refractivity contribution in [2.24, 2.45) is 0 Å². The predicted octanol–water partition coefficient (Wildman–Crippen LogP) is 4.12. The summed E-state index contributed by atoms with van der Waals surface area (Å²) in [5.74, 6) is 1.35. The average molecular weight is 319 g/mol. The summed E-state index contributed by atoms with van der Waals surface area (Å²) in [6.45, 7) is 4.97. The van der Waals surface area contributed by atoms with Crippen LogP contribution in [0, 0.1) is 0 Å². The molecule has 0 atom stereocenters. The van der Waals surface area contributed by atoms with E-state index in [4.69, 9.17) is 9.47 Å². The summed E-state index contributed by atoms with van der Waals surface area (Å²) in [5.41, 5.74) is 0.725. The molecule has 0 radical (unpaired) electrons. The van der Waals surface area contributed by atoms with Crippen LogP contribution in [0.5, 0.6) is 11.5 Å². The first-order chi connectivity index (χ1) is 10.7. The number of amides is 1. The van der Waals surface area contributed by atoms with Gasteiger partial charge in [-0.1, -0.05) is 6.07 Å². The molecule has 5 heteroatoms. The number of rotatable bonds is 8. The summed E-state index contributed by atoms with van der Waals surface area (Å²) >= 11 is 1.67. The molecule has 0 saturated carbocycles. The molecule has 1 aromatic heterocycles. The van der Waals surface area contributed by atoms with Crippen molar-refractivity contribution in [2.75, 3.05) is 18.5 Å². The third-order valence-corrected chi connectivity index (χ3v) is 3.94. The highest BCUT2D eigenvalue weighted by molar-refractivity contribution is 7.09. The number of hydrogen-bond donors (Lipinski definition) is 1. The van der Waals surface area contributed by atoms with E-state index in [0.29, 0.717) is 31.1 Å². The van der Waals surface area contributed by atoms with Gasteiger partial charge in [-0.15, -0.1) is 11.3 Å². The Bertz CT molecular complexity index is 596. The Labute approximate surface area is 135 Å². The van der Waals surface area contributed by atoms with Crippen LogP contribution in [0.2, 0.25) is 0 Å². The lowest BCUT2D eigenvalue weighted by molar-refractivity contribution is -0.116. The summed E-state index contributed by atoms with van der Waals surface area (Å²) in [7, 11) is 0. The van der Waals surface area contributed by atoms with Gasteiger partial charge in [0.2, 0.25) is 5.91 Å². The number of anilines is 1. The van der Waals surface area contributed by atoms with E-state index in [1.165, 1.54) is 4.88 Å². The molecule has 1 amide bonds. The van der Waals surface area contributed by atoms with Crippen LogP contribution < -0.4 is 14.8 Å². The Morgan fingerprint density at radius 3 is 2.59 bits per heavy atom. The molecular weight excluding hydrogens is 298 g/mol. The smallest absolute Gasteiger partial charge is 0.224 e. The number of benzene rings is 1. The minimum Gasteiger partial charge on any atom is -0.490 e. The zero-order chi connectivity index (χ0) is 15.8. The van der Waals surface area contributed by atoms with Gasteiger partial charge in [0.15, 0.2) is 11.5 Å². The van der Waals surface area contributed by atoms with E-state index >= 15 is 0 Å². The van der Waals surface area contributed by atoms with Crippen LogP contribution in [0.25, 0.3) is 0 Å². The van der Waals surface area contributed by atoms with Crippen molar-refractivity contribution in [3.8, 4) is 11.5 Å². The van der Waals surface area contributed by atoms with Crippen molar-refractivity contribution in [1.29, 1.82) is 0 Å². The van der Waals surface area contributed by atoms with Gasteiger partial charge in [-0.3, -0.25) is 4.79 Å². The average Bonchev–Trinajstić information content (AvgIpc) is 3.02. The van der Waals surface area contributed by atoms with Gasteiger partial charge in [0.25, 0.3) is 0 Å². The molecule has 1 heterocycles. The van der Waals surface area contributed by atoms with Crippen molar-refractivity contribution < 1.29 is 14.3 Å². The van der Waals surface area contributed by atoms with E-state index in [1.807, 2.05) is 43.5 Å². The lowest BCUT2D eigenvalue weighted by Crippen LogP contribution is -2.12. The number of aryl methyl sites for hydroxylation is 1. The molecule has 22 heavy (non-hydrogen) atoms. The molecule has 0 aliphatic carbocycles. The summed E-state index contributed by atoms with van der Waals surface area (Å²) < 4.78 is 11.1. The molecule has 4 nitrogen and oxygen atoms in total. The van der Waals surface area contributed by atoms with Gasteiger partial charge in [0, 0.05) is 23.1 Å². The lowest BCUT2D eigenvalue weighted by Gasteiger charge is -2.13. The Morgan fingerprint density at radius 2 is 1.91 bits per heavy atom. The Kier molecular flexibility index (Phi) is 6.27. The van der Waals surface area contributed by atoms with Crippen molar-refractivity contribution in [3.63, 3.8) is 0 Å². The molecule has 1 aromatic carbocycles. The molecule has 0 spiro atoms. The predicted molar refractivity (Wildman–Crippen MR) is 90.0 cm³/mol. The molecule has 2 rings (SSSR count). The molecule has 0 fully saturated rings. The zero-order valence-electron chi connectivity index (χ0n) is 12.9. The maximum absolute atomic E-state index is 12.0. The molecule has 0 saturated heterocycles. The molecule has 0 aliphatic rings. The first-order valence-corrected chi connectivity index (χ1v) is 8.32. The second kappa shape index (κ2) is 8.44. The van der Waals surface area contributed by atoms with E-state index in [2.05, 4.69) is 5.32 Å². The molecule has 118 valence electrons. The van der Waals surface area contributed by atoms with E-state index < -0.39 is 0 Å². The minimum atomic E-state index is 0.00000774. The van der Waals surface area contributed by atoms with Crippen molar-refractivity contribution >= 4 is 22.9 Å². The first-order valence-electron chi connectivity index (χ1n) is 7.44. The molecule has 2 aromatic rings. The number of carbonyl (C=O) groups excluding carboxylic acids is 1. The highest BCUT2D eigenvalue weighted by Gasteiger charge is 2.09. The standard InChI is InChI=1S/C17H21NO3S/c1-3-20-15-9-7-13(12-16(15)21-4-2)18-17(19)10-8-14-6-5-11-22-14/h5-7,9,11-12H,3-4,8,10H2,1-2H3,(H,18,19). The van der Waals surface area contributed by atoms with Crippen LogP contribution in [0.3, 0.4) is 0 Å². The number of ether oxygens (including phenoxy) is 2. The van der Waals surface area contributed by atoms with E-state index in [0.717, 1.165) is 12.1 Å². The molecule has 0 bridgehead atoms. The summed E-state index contributed by atoms with van der Waals surface area (Å²) in [4.78, 5) is 13.2. The maximum atomic E-state index is 12.0. The number of thiophene rings is 1. The summed E-state index contributed by atoms with van der Waals surface area (Å²) in [6, 6.07) is 9.50. The molecule has 0 aliphatic heterocycles. The number of hydrogen-bond acceptors (Lipinski definition) is 4. The summed E-state index contributed by atoms with van der Waals surface area (Å²) in [5, 5.41) is 4.92. The number of nitrogens with one attached hydrogen (secondary N) is 1. The van der Waals surface area contributed by atoms with Crippen LogP contribution in [-0.4, -0.2) is 19.1 Å². The van der Waals surface area contributed by atoms with Crippen LogP contribution >= 0.6 is 11.3 Å².